The van der Waals surface area contributed by atoms with E-state index in [0.29, 0.717) is 0 Å². The molecule has 0 aromatic heterocycles. The number of hydrogen-bond donors (Lipinski definition) is 0. The van der Waals surface area contributed by atoms with Gasteiger partial charge in [-0.25, -0.2) is 0 Å². The molecule has 0 aromatic rings. The molecular formula is C14H22N2. The fraction of sp³-hybridized carbons (Fsp3) is 0.786. The van der Waals surface area contributed by atoms with Crippen molar-refractivity contribution in [1.29, 1.82) is 0 Å². The van der Waals surface area contributed by atoms with E-state index in [2.05, 4.69) is 11.1 Å². The van der Waals surface area contributed by atoms with Crippen LogP contribution < -0.4 is 0 Å². The van der Waals surface area contributed by atoms with Gasteiger partial charge in [0, 0.05) is 19.0 Å². The molecule has 3 aliphatic rings. The van der Waals surface area contributed by atoms with E-state index >= 15 is 0 Å². The van der Waals surface area contributed by atoms with Gasteiger partial charge in [0.15, 0.2) is 0 Å². The molecular weight excluding hydrogens is 196 g/mol. The molecule has 0 amide bonds. The van der Waals surface area contributed by atoms with Crippen molar-refractivity contribution in [2.24, 2.45) is 5.10 Å². The summed E-state index contributed by atoms with van der Waals surface area (Å²) in [6.07, 6.45) is 14.5. The van der Waals surface area contributed by atoms with E-state index in [1.54, 1.807) is 5.57 Å². The second-order valence-electron chi connectivity index (χ2n) is 5.37. The molecule has 3 rings (SSSR count). The maximum absolute atomic E-state index is 4.88. The van der Waals surface area contributed by atoms with Crippen LogP contribution in [0.1, 0.15) is 57.8 Å². The van der Waals surface area contributed by atoms with Crippen molar-refractivity contribution >= 4 is 5.71 Å². The van der Waals surface area contributed by atoms with Gasteiger partial charge in [-0.15, -0.1) is 0 Å². The van der Waals surface area contributed by atoms with Crippen LogP contribution in [0.5, 0.6) is 0 Å². The van der Waals surface area contributed by atoms with Crippen LogP contribution in [0.3, 0.4) is 0 Å². The van der Waals surface area contributed by atoms with Gasteiger partial charge < -0.3 is 0 Å². The summed E-state index contributed by atoms with van der Waals surface area (Å²) in [6.45, 7) is 1.18. The fourth-order valence-electron chi connectivity index (χ4n) is 3.27. The average Bonchev–Trinajstić information content (AvgIpc) is 3.01. The van der Waals surface area contributed by atoms with E-state index < -0.39 is 0 Å². The van der Waals surface area contributed by atoms with Gasteiger partial charge in [-0.3, -0.25) is 5.01 Å². The molecule has 1 saturated carbocycles. The van der Waals surface area contributed by atoms with Crippen LogP contribution in [-0.4, -0.2) is 23.3 Å². The topological polar surface area (TPSA) is 15.6 Å². The first-order valence-electron chi connectivity index (χ1n) is 6.97. The van der Waals surface area contributed by atoms with Crippen LogP contribution in [0.25, 0.3) is 0 Å². The van der Waals surface area contributed by atoms with Gasteiger partial charge in [-0.2, -0.15) is 5.10 Å². The summed E-state index contributed by atoms with van der Waals surface area (Å²) < 4.78 is 0. The van der Waals surface area contributed by atoms with Gasteiger partial charge in [0.2, 0.25) is 0 Å². The Balaban J connectivity index is 1.68. The lowest BCUT2D eigenvalue weighted by molar-refractivity contribution is 0.230. The van der Waals surface area contributed by atoms with Crippen molar-refractivity contribution in [3.8, 4) is 0 Å². The second-order valence-corrected chi connectivity index (χ2v) is 5.37. The molecule has 16 heavy (non-hydrogen) atoms. The molecule has 0 saturated heterocycles. The minimum absolute atomic E-state index is 0.765. The molecule has 0 N–H and O–H groups in total. The second kappa shape index (κ2) is 4.60. The smallest absolute Gasteiger partial charge is 0.0652 e. The molecule has 0 radical (unpaired) electrons. The first-order chi connectivity index (χ1) is 7.93. The van der Waals surface area contributed by atoms with Crippen molar-refractivity contribution in [2.75, 3.05) is 6.54 Å². The lowest BCUT2D eigenvalue weighted by Crippen LogP contribution is -2.25. The Kier molecular flexibility index (Phi) is 2.98. The number of nitrogens with zero attached hydrogens (tertiary/aromatic N) is 2. The Morgan fingerprint density at radius 3 is 2.69 bits per heavy atom. The van der Waals surface area contributed by atoms with Gasteiger partial charge in [-0.05, 0) is 44.1 Å². The SMILES string of the molecule is C1=C(C2=NN(C3CCCC3)CC2)CCCC1. The lowest BCUT2D eigenvalue weighted by Gasteiger charge is -2.21. The molecule has 1 fully saturated rings. The lowest BCUT2D eigenvalue weighted by atomic mass is 9.95. The Hall–Kier alpha value is -0.790. The maximum atomic E-state index is 4.88. The third-order valence-electron chi connectivity index (χ3n) is 4.23. The van der Waals surface area contributed by atoms with Crippen LogP contribution in [0.2, 0.25) is 0 Å². The van der Waals surface area contributed by atoms with Gasteiger partial charge in [0.25, 0.3) is 0 Å². The zero-order chi connectivity index (χ0) is 10.8. The summed E-state index contributed by atoms with van der Waals surface area (Å²) in [5.74, 6) is 0. The number of hydrogen-bond acceptors (Lipinski definition) is 2. The van der Waals surface area contributed by atoms with Crippen molar-refractivity contribution < 1.29 is 0 Å². The summed E-state index contributed by atoms with van der Waals surface area (Å²) in [4.78, 5) is 0. The Labute approximate surface area is 98.4 Å². The van der Waals surface area contributed by atoms with Crippen LogP contribution in [0.15, 0.2) is 16.8 Å². The first-order valence-corrected chi connectivity index (χ1v) is 6.97. The molecule has 2 aliphatic carbocycles. The van der Waals surface area contributed by atoms with Crippen molar-refractivity contribution in [2.45, 2.75) is 63.8 Å². The molecule has 2 heteroatoms. The van der Waals surface area contributed by atoms with E-state index in [1.807, 2.05) is 0 Å². The monoisotopic (exact) mass is 218 g/mol. The van der Waals surface area contributed by atoms with Crippen LogP contribution in [-0.2, 0) is 0 Å². The van der Waals surface area contributed by atoms with Crippen LogP contribution in [0, 0.1) is 0 Å². The van der Waals surface area contributed by atoms with Crippen molar-refractivity contribution in [3.05, 3.63) is 11.6 Å². The van der Waals surface area contributed by atoms with Gasteiger partial charge in [-0.1, -0.05) is 18.9 Å². The van der Waals surface area contributed by atoms with E-state index in [0.717, 1.165) is 6.04 Å². The third-order valence-corrected chi connectivity index (χ3v) is 4.23. The summed E-state index contributed by atoms with van der Waals surface area (Å²) in [5, 5.41) is 7.26. The molecule has 1 heterocycles. The molecule has 0 aromatic carbocycles. The summed E-state index contributed by atoms with van der Waals surface area (Å²) in [7, 11) is 0. The third kappa shape index (κ3) is 2.02. The molecule has 0 unspecified atom stereocenters. The number of hydrazone groups is 1. The van der Waals surface area contributed by atoms with E-state index in [9.17, 15) is 0 Å². The van der Waals surface area contributed by atoms with Crippen molar-refractivity contribution in [3.63, 3.8) is 0 Å². The highest BCUT2D eigenvalue weighted by atomic mass is 15.5. The highest BCUT2D eigenvalue weighted by Crippen LogP contribution is 2.29. The Bertz CT molecular complexity index is 311. The minimum atomic E-state index is 0.765. The van der Waals surface area contributed by atoms with Gasteiger partial charge in [0.05, 0.1) is 5.71 Å². The molecule has 0 atom stereocenters. The van der Waals surface area contributed by atoms with Gasteiger partial charge in [0.1, 0.15) is 0 Å². The zero-order valence-corrected chi connectivity index (χ0v) is 10.1. The summed E-state index contributed by atoms with van der Waals surface area (Å²) >= 11 is 0. The van der Waals surface area contributed by atoms with Crippen LogP contribution in [0.4, 0.5) is 0 Å². The van der Waals surface area contributed by atoms with Crippen LogP contribution >= 0.6 is 0 Å². The molecule has 88 valence electrons. The highest BCUT2D eigenvalue weighted by molar-refractivity contribution is 6.01. The number of allylic oxidation sites excluding steroid dienone is 2. The summed E-state index contributed by atoms with van der Waals surface area (Å²) in [5.41, 5.74) is 2.97. The molecule has 0 bridgehead atoms. The maximum Gasteiger partial charge on any atom is 0.0652 e. The van der Waals surface area contributed by atoms with E-state index in [4.69, 9.17) is 5.10 Å². The fourth-order valence-corrected chi connectivity index (χ4v) is 3.27. The predicted octanol–water partition coefficient (Wildman–Crippen LogP) is 3.49. The molecule has 1 aliphatic heterocycles. The molecule has 2 nitrogen and oxygen atoms in total. The first kappa shape index (κ1) is 10.4. The van der Waals surface area contributed by atoms with Crippen molar-refractivity contribution in [1.82, 2.24) is 5.01 Å². The summed E-state index contributed by atoms with van der Waals surface area (Å²) in [6, 6.07) is 0.765. The quantitative estimate of drug-likeness (QED) is 0.692. The normalized spacial score (nSPS) is 27.1. The predicted molar refractivity (Wildman–Crippen MR) is 67.6 cm³/mol. The number of rotatable bonds is 2. The van der Waals surface area contributed by atoms with E-state index in [-0.39, 0.29) is 0 Å². The van der Waals surface area contributed by atoms with Gasteiger partial charge >= 0.3 is 0 Å². The Morgan fingerprint density at radius 1 is 1.06 bits per heavy atom. The largest absolute Gasteiger partial charge is 0.293 e. The zero-order valence-electron chi connectivity index (χ0n) is 10.1. The van der Waals surface area contributed by atoms with E-state index in [1.165, 1.54) is 70.0 Å². The highest BCUT2D eigenvalue weighted by Gasteiger charge is 2.26. The standard InChI is InChI=1S/C14H22N2/c1-2-6-12(7-3-1)14-10-11-16(15-14)13-8-4-5-9-13/h6,13H,1-5,7-11H2. The average molecular weight is 218 g/mol. The molecule has 0 spiro atoms. The Morgan fingerprint density at radius 2 is 1.94 bits per heavy atom. The minimum Gasteiger partial charge on any atom is -0.293 e.